The highest BCUT2D eigenvalue weighted by atomic mass is 16.3. The Labute approximate surface area is 78.8 Å². The summed E-state index contributed by atoms with van der Waals surface area (Å²) >= 11 is 0. The van der Waals surface area contributed by atoms with Gasteiger partial charge in [-0.3, -0.25) is 0 Å². The topological polar surface area (TPSA) is 40.5 Å². The molecule has 72 valence electrons. The van der Waals surface area contributed by atoms with E-state index in [0.717, 1.165) is 17.5 Å². The fourth-order valence-corrected chi connectivity index (χ4v) is 1.40. The Balaban J connectivity index is 3.10. The maximum Gasteiger partial charge on any atom is 0.119 e. The molecule has 13 heavy (non-hydrogen) atoms. The van der Waals surface area contributed by atoms with Crippen LogP contribution < -0.4 is 0 Å². The van der Waals surface area contributed by atoms with Crippen molar-refractivity contribution < 1.29 is 10.2 Å². The Hall–Kier alpha value is -1.18. The molecule has 2 heteroatoms. The SMILES string of the molecule is Cc1c(O)ccc(O)c1CC(C)C. The second kappa shape index (κ2) is 3.69. The standard InChI is InChI=1S/C11H16O2/c1-7(2)6-9-8(3)10(12)4-5-11(9)13/h4-5,7,12-13H,6H2,1-3H3. The van der Waals surface area contributed by atoms with Gasteiger partial charge in [-0.15, -0.1) is 0 Å². The van der Waals surface area contributed by atoms with Gasteiger partial charge in [0.05, 0.1) is 0 Å². The third-order valence-electron chi connectivity index (χ3n) is 2.16. The molecule has 1 rings (SSSR count). The van der Waals surface area contributed by atoms with Gasteiger partial charge in [0, 0.05) is 5.56 Å². The lowest BCUT2D eigenvalue weighted by Gasteiger charge is -2.11. The molecule has 1 aromatic carbocycles. The zero-order valence-corrected chi connectivity index (χ0v) is 8.33. The predicted molar refractivity (Wildman–Crippen MR) is 53.1 cm³/mol. The van der Waals surface area contributed by atoms with Crippen LogP contribution in [0.25, 0.3) is 0 Å². The molecule has 0 atom stereocenters. The van der Waals surface area contributed by atoms with Crippen LogP contribution in [0.15, 0.2) is 12.1 Å². The molecule has 0 aliphatic rings. The van der Waals surface area contributed by atoms with Gasteiger partial charge >= 0.3 is 0 Å². The van der Waals surface area contributed by atoms with Crippen LogP contribution in [0.3, 0.4) is 0 Å². The maximum absolute atomic E-state index is 9.55. The number of hydrogen-bond donors (Lipinski definition) is 2. The van der Waals surface area contributed by atoms with Crippen LogP contribution in [0.1, 0.15) is 25.0 Å². The maximum atomic E-state index is 9.55. The number of benzene rings is 1. The van der Waals surface area contributed by atoms with Crippen LogP contribution in [0, 0.1) is 12.8 Å². The van der Waals surface area contributed by atoms with Crippen molar-refractivity contribution in [1.82, 2.24) is 0 Å². The average molecular weight is 180 g/mol. The molecule has 0 aliphatic carbocycles. The second-order valence-electron chi connectivity index (χ2n) is 3.81. The Morgan fingerprint density at radius 1 is 1.15 bits per heavy atom. The molecule has 0 aromatic heterocycles. The van der Waals surface area contributed by atoms with E-state index in [0.29, 0.717) is 5.92 Å². The van der Waals surface area contributed by atoms with E-state index < -0.39 is 0 Å². The number of phenols is 2. The summed E-state index contributed by atoms with van der Waals surface area (Å²) in [5, 5.41) is 19.0. The van der Waals surface area contributed by atoms with Gasteiger partial charge in [0.25, 0.3) is 0 Å². The lowest BCUT2D eigenvalue weighted by atomic mass is 9.97. The molecule has 0 amide bonds. The molecule has 0 spiro atoms. The van der Waals surface area contributed by atoms with E-state index in [2.05, 4.69) is 13.8 Å². The lowest BCUT2D eigenvalue weighted by Crippen LogP contribution is -1.97. The first-order valence-electron chi connectivity index (χ1n) is 4.52. The minimum absolute atomic E-state index is 0.258. The van der Waals surface area contributed by atoms with E-state index in [1.807, 2.05) is 6.92 Å². The van der Waals surface area contributed by atoms with E-state index in [4.69, 9.17) is 0 Å². The van der Waals surface area contributed by atoms with Gasteiger partial charge in [-0.05, 0) is 37.0 Å². The van der Waals surface area contributed by atoms with Crippen molar-refractivity contribution in [3.8, 4) is 11.5 Å². The van der Waals surface area contributed by atoms with Gasteiger partial charge in [-0.25, -0.2) is 0 Å². The second-order valence-corrected chi connectivity index (χ2v) is 3.81. The fraction of sp³-hybridized carbons (Fsp3) is 0.455. The number of phenolic OH excluding ortho intramolecular Hbond substituents is 2. The molecule has 2 nitrogen and oxygen atoms in total. The molecular formula is C11H16O2. The van der Waals surface area contributed by atoms with Gasteiger partial charge in [-0.2, -0.15) is 0 Å². The average Bonchev–Trinajstić information content (AvgIpc) is 2.05. The summed E-state index contributed by atoms with van der Waals surface area (Å²) in [5.41, 5.74) is 1.64. The summed E-state index contributed by atoms with van der Waals surface area (Å²) in [6.45, 7) is 6.00. The zero-order chi connectivity index (χ0) is 10.0. The third-order valence-corrected chi connectivity index (χ3v) is 2.16. The molecule has 0 radical (unpaired) electrons. The van der Waals surface area contributed by atoms with Crippen molar-refractivity contribution in [3.05, 3.63) is 23.3 Å². The predicted octanol–water partition coefficient (Wildman–Crippen LogP) is 2.60. The Morgan fingerprint density at radius 3 is 2.23 bits per heavy atom. The molecule has 0 bridgehead atoms. The monoisotopic (exact) mass is 180 g/mol. The van der Waals surface area contributed by atoms with Gasteiger partial charge in [0.15, 0.2) is 0 Å². The van der Waals surface area contributed by atoms with Crippen molar-refractivity contribution in [2.75, 3.05) is 0 Å². The number of hydrogen-bond acceptors (Lipinski definition) is 2. The third kappa shape index (κ3) is 2.14. The lowest BCUT2D eigenvalue weighted by molar-refractivity contribution is 0.446. The van der Waals surface area contributed by atoms with Crippen molar-refractivity contribution in [1.29, 1.82) is 0 Å². The van der Waals surface area contributed by atoms with E-state index in [1.165, 1.54) is 6.07 Å². The molecule has 0 saturated heterocycles. The Kier molecular flexibility index (Phi) is 2.81. The van der Waals surface area contributed by atoms with E-state index in [9.17, 15) is 10.2 Å². The number of aromatic hydroxyl groups is 2. The Morgan fingerprint density at radius 2 is 1.69 bits per heavy atom. The largest absolute Gasteiger partial charge is 0.508 e. The highest BCUT2D eigenvalue weighted by molar-refractivity contribution is 5.46. The summed E-state index contributed by atoms with van der Waals surface area (Å²) in [6.07, 6.45) is 0.798. The summed E-state index contributed by atoms with van der Waals surface area (Å²) in [4.78, 5) is 0. The summed E-state index contributed by atoms with van der Waals surface area (Å²) in [6, 6.07) is 3.06. The summed E-state index contributed by atoms with van der Waals surface area (Å²) < 4.78 is 0. The molecule has 0 saturated carbocycles. The highest BCUT2D eigenvalue weighted by Gasteiger charge is 2.09. The fourth-order valence-electron chi connectivity index (χ4n) is 1.40. The van der Waals surface area contributed by atoms with E-state index in [-0.39, 0.29) is 11.5 Å². The van der Waals surface area contributed by atoms with Crippen molar-refractivity contribution >= 4 is 0 Å². The minimum Gasteiger partial charge on any atom is -0.508 e. The summed E-state index contributed by atoms with van der Waals surface area (Å²) in [5.74, 6) is 1.02. The molecule has 2 N–H and O–H groups in total. The van der Waals surface area contributed by atoms with Crippen LogP contribution >= 0.6 is 0 Å². The molecule has 0 aliphatic heterocycles. The van der Waals surface area contributed by atoms with Crippen molar-refractivity contribution in [2.24, 2.45) is 5.92 Å². The van der Waals surface area contributed by atoms with Crippen LogP contribution in [0.4, 0.5) is 0 Å². The minimum atomic E-state index is 0.258. The zero-order valence-electron chi connectivity index (χ0n) is 8.33. The normalized spacial score (nSPS) is 10.8. The van der Waals surface area contributed by atoms with Gasteiger partial charge in [0.1, 0.15) is 11.5 Å². The van der Waals surface area contributed by atoms with E-state index in [1.54, 1.807) is 6.07 Å². The summed E-state index contributed by atoms with van der Waals surface area (Å²) in [7, 11) is 0. The van der Waals surface area contributed by atoms with Crippen LogP contribution in [0.2, 0.25) is 0 Å². The molecular weight excluding hydrogens is 164 g/mol. The molecule has 1 aromatic rings. The van der Waals surface area contributed by atoms with Gasteiger partial charge in [-0.1, -0.05) is 13.8 Å². The van der Waals surface area contributed by atoms with Crippen molar-refractivity contribution in [2.45, 2.75) is 27.2 Å². The highest BCUT2D eigenvalue weighted by Crippen LogP contribution is 2.29. The first-order chi connectivity index (χ1) is 6.02. The van der Waals surface area contributed by atoms with Crippen LogP contribution in [0.5, 0.6) is 11.5 Å². The van der Waals surface area contributed by atoms with Crippen LogP contribution in [-0.2, 0) is 6.42 Å². The van der Waals surface area contributed by atoms with Gasteiger partial charge in [0.2, 0.25) is 0 Å². The number of rotatable bonds is 2. The first kappa shape index (κ1) is 9.90. The smallest absolute Gasteiger partial charge is 0.119 e. The first-order valence-corrected chi connectivity index (χ1v) is 4.52. The quantitative estimate of drug-likeness (QED) is 0.687. The Bertz CT molecular complexity index is 303. The van der Waals surface area contributed by atoms with Gasteiger partial charge < -0.3 is 10.2 Å². The molecule has 0 heterocycles. The van der Waals surface area contributed by atoms with E-state index >= 15 is 0 Å². The molecule has 0 fully saturated rings. The van der Waals surface area contributed by atoms with Crippen LogP contribution in [-0.4, -0.2) is 10.2 Å². The van der Waals surface area contributed by atoms with Crippen molar-refractivity contribution in [3.63, 3.8) is 0 Å². The molecule has 0 unspecified atom stereocenters.